The van der Waals surface area contributed by atoms with Gasteiger partial charge in [-0.25, -0.2) is 0 Å². The highest BCUT2D eigenvalue weighted by atomic mass is 16.3. The maximum atomic E-state index is 12.6. The summed E-state index contributed by atoms with van der Waals surface area (Å²) in [6, 6.07) is 8.80. The van der Waals surface area contributed by atoms with Crippen molar-refractivity contribution in [3.05, 3.63) is 30.0 Å². The summed E-state index contributed by atoms with van der Waals surface area (Å²) in [4.78, 5) is 23.6. The number of rotatable bonds is 4. The maximum absolute atomic E-state index is 12.6. The molecule has 5 rings (SSSR count). The van der Waals surface area contributed by atoms with Crippen LogP contribution in [-0.2, 0) is 4.79 Å². The number of piperidine rings is 1. The van der Waals surface area contributed by atoms with Gasteiger partial charge in [-0.1, -0.05) is 18.2 Å². The third-order valence-electron chi connectivity index (χ3n) is 5.85. The first kappa shape index (κ1) is 17.0. The predicted octanol–water partition coefficient (Wildman–Crippen LogP) is 1.87. The lowest BCUT2D eigenvalue weighted by atomic mass is 10.0. The normalized spacial score (nSPS) is 27.2. The molecule has 1 amide bonds. The van der Waals surface area contributed by atoms with Crippen molar-refractivity contribution in [1.82, 2.24) is 20.4 Å². The Bertz CT molecular complexity index is 801. The predicted molar refractivity (Wildman–Crippen MR) is 96.8 cm³/mol. The van der Waals surface area contributed by atoms with Crippen molar-refractivity contribution in [3.8, 4) is 0 Å². The topological polar surface area (TPSA) is 98.3 Å². The zero-order valence-electron chi connectivity index (χ0n) is 14.6. The highest BCUT2D eigenvalue weighted by Gasteiger charge is 2.46. The Hall–Kier alpha value is -2.41. The molecule has 2 aromatic rings. The number of H-pyrrole nitrogens is 1. The van der Waals surface area contributed by atoms with Gasteiger partial charge in [-0.15, -0.1) is 0 Å². The molecule has 7 heteroatoms. The first-order chi connectivity index (χ1) is 12.7. The third kappa shape index (κ3) is 3.31. The number of hydrogen-bond donors (Lipinski definition) is 3. The first-order valence-electron chi connectivity index (χ1n) is 9.25. The van der Waals surface area contributed by atoms with E-state index >= 15 is 0 Å². The van der Waals surface area contributed by atoms with E-state index in [1.165, 1.54) is 25.8 Å². The van der Waals surface area contributed by atoms with E-state index in [0.717, 1.165) is 29.8 Å². The Kier molecular flexibility index (Phi) is 4.63. The molecule has 3 aliphatic rings. The molecule has 7 nitrogen and oxygen atoms in total. The van der Waals surface area contributed by atoms with Crippen LogP contribution in [0.2, 0.25) is 0 Å². The number of aromatic nitrogens is 2. The molecule has 2 bridgehead atoms. The van der Waals surface area contributed by atoms with Gasteiger partial charge in [-0.3, -0.25) is 19.6 Å². The van der Waals surface area contributed by atoms with Crippen molar-refractivity contribution < 1.29 is 14.7 Å². The summed E-state index contributed by atoms with van der Waals surface area (Å²) in [5.41, 5.74) is 1.44. The minimum atomic E-state index is -0.250. The van der Waals surface area contributed by atoms with Gasteiger partial charge >= 0.3 is 0 Å². The fraction of sp³-hybridized carbons (Fsp3) is 0.526. The number of fused-ring (bicyclic) bond motifs is 3. The Morgan fingerprint density at radius 2 is 2.12 bits per heavy atom. The van der Waals surface area contributed by atoms with E-state index in [1.807, 2.05) is 24.3 Å². The number of aromatic amines is 1. The monoisotopic (exact) mass is 356 g/mol. The molecule has 1 aromatic heterocycles. The summed E-state index contributed by atoms with van der Waals surface area (Å²) in [5.74, 6) is 1.54. The molecule has 0 radical (unpaired) electrons. The molecular formula is C19H24N4O3. The Labute approximate surface area is 151 Å². The van der Waals surface area contributed by atoms with Crippen LogP contribution in [0.5, 0.6) is 0 Å². The van der Waals surface area contributed by atoms with Crippen LogP contribution in [0.15, 0.2) is 24.3 Å². The van der Waals surface area contributed by atoms with E-state index in [1.54, 1.807) is 0 Å². The van der Waals surface area contributed by atoms with Crippen LogP contribution >= 0.6 is 0 Å². The van der Waals surface area contributed by atoms with Gasteiger partial charge in [0.05, 0.1) is 5.52 Å². The molecule has 3 N–H and O–H groups in total. The molecule has 3 fully saturated rings. The van der Waals surface area contributed by atoms with Crippen molar-refractivity contribution in [2.24, 2.45) is 11.8 Å². The van der Waals surface area contributed by atoms with Gasteiger partial charge in [0.15, 0.2) is 5.69 Å². The third-order valence-corrected chi connectivity index (χ3v) is 5.85. The fourth-order valence-corrected chi connectivity index (χ4v) is 4.45. The Morgan fingerprint density at radius 3 is 2.81 bits per heavy atom. The molecule has 3 unspecified atom stereocenters. The fourth-order valence-electron chi connectivity index (χ4n) is 4.45. The average Bonchev–Trinajstić information content (AvgIpc) is 3.05. The average molecular weight is 356 g/mol. The number of hydrogen-bond acceptors (Lipinski definition) is 4. The summed E-state index contributed by atoms with van der Waals surface area (Å²) >= 11 is 0. The molecule has 26 heavy (non-hydrogen) atoms. The molecule has 0 spiro atoms. The van der Waals surface area contributed by atoms with Crippen LogP contribution in [0.25, 0.3) is 10.9 Å². The van der Waals surface area contributed by atoms with E-state index in [2.05, 4.69) is 20.4 Å². The van der Waals surface area contributed by atoms with E-state index in [0.29, 0.717) is 23.7 Å². The summed E-state index contributed by atoms with van der Waals surface area (Å²) in [6.07, 6.45) is 5.19. The minimum Gasteiger partial charge on any atom is -0.483 e. The molecular weight excluding hydrogens is 332 g/mol. The summed E-state index contributed by atoms with van der Waals surface area (Å²) in [6.45, 7) is 2.19. The molecule has 1 saturated heterocycles. The largest absolute Gasteiger partial charge is 0.483 e. The van der Waals surface area contributed by atoms with Gasteiger partial charge in [0.25, 0.3) is 12.4 Å². The van der Waals surface area contributed by atoms with Crippen LogP contribution in [0.3, 0.4) is 0 Å². The van der Waals surface area contributed by atoms with Gasteiger partial charge in [0.1, 0.15) is 0 Å². The number of benzene rings is 1. The Morgan fingerprint density at radius 1 is 1.35 bits per heavy atom. The highest BCUT2D eigenvalue weighted by molar-refractivity contribution is 6.04. The van der Waals surface area contributed by atoms with Crippen molar-refractivity contribution in [2.75, 3.05) is 13.1 Å². The number of amides is 1. The van der Waals surface area contributed by atoms with Crippen molar-refractivity contribution in [3.63, 3.8) is 0 Å². The zero-order chi connectivity index (χ0) is 18.1. The zero-order valence-corrected chi connectivity index (χ0v) is 14.6. The van der Waals surface area contributed by atoms with Gasteiger partial charge in [-0.2, -0.15) is 5.10 Å². The summed E-state index contributed by atoms with van der Waals surface area (Å²) in [5, 5.41) is 18.2. The maximum Gasteiger partial charge on any atom is 0.290 e. The number of carboxylic acid groups (broad SMARTS) is 1. The number of carbonyl (C=O) groups excluding carboxylic acids is 1. The lowest BCUT2D eigenvalue weighted by Crippen LogP contribution is -2.46. The van der Waals surface area contributed by atoms with Crippen LogP contribution in [0, 0.1) is 11.8 Å². The van der Waals surface area contributed by atoms with Crippen molar-refractivity contribution in [2.45, 2.75) is 37.8 Å². The van der Waals surface area contributed by atoms with Crippen LogP contribution in [0.1, 0.15) is 36.2 Å². The van der Waals surface area contributed by atoms with Crippen molar-refractivity contribution in [1.29, 1.82) is 0 Å². The second kappa shape index (κ2) is 7.07. The van der Waals surface area contributed by atoms with E-state index in [9.17, 15) is 4.79 Å². The van der Waals surface area contributed by atoms with E-state index < -0.39 is 0 Å². The molecule has 2 aliphatic carbocycles. The van der Waals surface area contributed by atoms with Gasteiger partial charge in [0, 0.05) is 30.6 Å². The highest BCUT2D eigenvalue weighted by Crippen LogP contribution is 2.41. The number of nitrogens with one attached hydrogen (secondary N) is 2. The van der Waals surface area contributed by atoms with Crippen LogP contribution in [0.4, 0.5) is 0 Å². The van der Waals surface area contributed by atoms with Gasteiger partial charge < -0.3 is 10.4 Å². The molecule has 138 valence electrons. The minimum absolute atomic E-state index is 0.0336. The number of nitrogens with zero attached hydrogens (tertiary/aromatic N) is 2. The molecule has 3 atom stereocenters. The van der Waals surface area contributed by atoms with Crippen molar-refractivity contribution >= 4 is 23.3 Å². The lowest BCUT2D eigenvalue weighted by Gasteiger charge is -2.31. The summed E-state index contributed by atoms with van der Waals surface area (Å²) in [7, 11) is 0. The van der Waals surface area contributed by atoms with Crippen LogP contribution < -0.4 is 5.32 Å². The quantitative estimate of drug-likeness (QED) is 0.727. The van der Waals surface area contributed by atoms with Crippen LogP contribution in [-0.4, -0.2) is 57.8 Å². The van der Waals surface area contributed by atoms with Gasteiger partial charge in [0.2, 0.25) is 0 Å². The second-order valence-corrected chi connectivity index (χ2v) is 7.59. The number of likely N-dealkylation sites (tertiary alicyclic amines) is 1. The van der Waals surface area contributed by atoms with E-state index in [-0.39, 0.29) is 12.4 Å². The number of para-hydroxylation sites is 1. The SMILES string of the molecule is O=C(NC1CC2CC1CN2CC1CC1)c1n[nH]c2ccccc12.O=CO. The molecule has 2 heterocycles. The molecule has 2 saturated carbocycles. The molecule has 1 aliphatic heterocycles. The number of carbonyl (C=O) groups is 2. The second-order valence-electron chi connectivity index (χ2n) is 7.59. The Balaban J connectivity index is 0.000000527. The van der Waals surface area contributed by atoms with Gasteiger partial charge in [-0.05, 0) is 43.6 Å². The van der Waals surface area contributed by atoms with E-state index in [4.69, 9.17) is 9.90 Å². The smallest absolute Gasteiger partial charge is 0.290 e. The molecule has 1 aromatic carbocycles. The lowest BCUT2D eigenvalue weighted by molar-refractivity contribution is -0.122. The standard InChI is InChI=1S/C18H22N4O.CH2O2/c23-18(17-14-3-1-2-4-15(14)20-21-17)19-16-8-13-7-12(16)10-22(13)9-11-5-6-11;2-1-3/h1-4,11-13,16H,5-10H2,(H,19,23)(H,20,21);1H,(H,2,3). The first-order valence-corrected chi connectivity index (χ1v) is 9.25. The summed E-state index contributed by atoms with van der Waals surface area (Å²) < 4.78 is 0.